The molecule has 0 atom stereocenters. The Kier molecular flexibility index (Phi) is 11.5. The fourth-order valence-electron chi connectivity index (χ4n) is 10.3. The van der Waals surface area contributed by atoms with E-state index in [4.69, 9.17) is 0 Å². The Hall–Kier alpha value is -9.28. The maximum atomic E-state index is 2.40. The maximum absolute atomic E-state index is 2.40. The third-order valence-corrected chi connectivity index (χ3v) is 15.3. The molecule has 0 fully saturated rings. The van der Waals surface area contributed by atoms with Crippen molar-refractivity contribution in [3.63, 3.8) is 0 Å². The Labute approximate surface area is 430 Å². The molecule has 0 aliphatic heterocycles. The zero-order chi connectivity index (χ0) is 48.5. The van der Waals surface area contributed by atoms with E-state index in [1.165, 1.54) is 98.3 Å². The molecule has 11 aromatic carbocycles. The van der Waals surface area contributed by atoms with Gasteiger partial charge in [0.15, 0.2) is 0 Å². The zero-order valence-electron chi connectivity index (χ0n) is 40.0. The Morgan fingerprint density at radius 3 is 0.890 bits per heavy atom. The lowest BCUT2D eigenvalue weighted by Crippen LogP contribution is -2.09. The standard InChI is InChI=1S/C70H48N2S/c1-5-13-49(14-6-1)52-29-37-62(38-30-52)71(63-39-31-53(32-40-63)50-15-7-2-8-16-50)64-41-33-54(34-42-64)51-21-23-55(24-22-51)59-35-43-67-65(47-59)66-48-60(36-44-68(66)72(67)61-19-11-4-12-20-61)56-25-27-58(28-26-56)70-46-45-69(73-70)57-17-9-3-10-18-57/h1-48H. The Morgan fingerprint density at radius 2 is 0.507 bits per heavy atom. The molecule has 0 radical (unpaired) electrons. The van der Waals surface area contributed by atoms with Gasteiger partial charge < -0.3 is 9.47 Å². The van der Waals surface area contributed by atoms with Crippen LogP contribution in [0.4, 0.5) is 17.1 Å². The lowest BCUT2D eigenvalue weighted by molar-refractivity contribution is 1.18. The number of benzene rings is 11. The molecule has 2 nitrogen and oxygen atoms in total. The summed E-state index contributed by atoms with van der Waals surface area (Å²) in [5.41, 5.74) is 21.3. The van der Waals surface area contributed by atoms with Gasteiger partial charge in [-0.05, 0) is 152 Å². The van der Waals surface area contributed by atoms with E-state index in [0.717, 1.165) is 22.7 Å². The maximum Gasteiger partial charge on any atom is 0.0541 e. The first-order chi connectivity index (χ1) is 36.2. The molecule has 0 N–H and O–H groups in total. The molecule has 0 saturated heterocycles. The number of thiophene rings is 1. The van der Waals surface area contributed by atoms with E-state index in [2.05, 4.69) is 301 Å². The van der Waals surface area contributed by atoms with E-state index in [0.29, 0.717) is 0 Å². The van der Waals surface area contributed by atoms with E-state index in [1.54, 1.807) is 0 Å². The molecule has 2 heterocycles. The SMILES string of the molecule is c1ccc(-c2ccc(N(c3ccc(-c4ccccc4)cc3)c3ccc(-c4ccc(-c5ccc6c(c5)c5cc(-c7ccc(-c8ccc(-c9ccccc9)s8)cc7)ccc5n6-c5ccccc5)cc4)cc3)cc2)cc1. The molecule has 0 spiro atoms. The minimum atomic E-state index is 1.10. The van der Waals surface area contributed by atoms with Crippen molar-refractivity contribution in [2.45, 2.75) is 0 Å². The number of rotatable bonds is 11. The molecular weight excluding hydrogens is 901 g/mol. The third-order valence-electron chi connectivity index (χ3n) is 14.1. The predicted molar refractivity (Wildman–Crippen MR) is 311 cm³/mol. The number of para-hydroxylation sites is 1. The van der Waals surface area contributed by atoms with Crippen LogP contribution in [-0.2, 0) is 0 Å². The smallest absolute Gasteiger partial charge is 0.0541 e. The molecule has 0 unspecified atom stereocenters. The molecule has 0 bridgehead atoms. The van der Waals surface area contributed by atoms with Crippen LogP contribution in [0.25, 0.3) is 104 Å². The van der Waals surface area contributed by atoms with E-state index in [1.807, 2.05) is 11.3 Å². The molecule has 73 heavy (non-hydrogen) atoms. The van der Waals surface area contributed by atoms with E-state index < -0.39 is 0 Å². The number of hydrogen-bond acceptors (Lipinski definition) is 2. The quantitative estimate of drug-likeness (QED) is 0.125. The van der Waals surface area contributed by atoms with Crippen molar-refractivity contribution in [2.24, 2.45) is 0 Å². The van der Waals surface area contributed by atoms with Crippen LogP contribution in [-0.4, -0.2) is 4.57 Å². The van der Waals surface area contributed by atoms with Gasteiger partial charge in [0.05, 0.1) is 11.0 Å². The van der Waals surface area contributed by atoms with Crippen molar-refractivity contribution < 1.29 is 0 Å². The molecule has 2 aromatic heterocycles. The number of nitrogens with zero attached hydrogens (tertiary/aromatic N) is 2. The molecule has 13 rings (SSSR count). The average Bonchev–Trinajstić information content (AvgIpc) is 4.10. The van der Waals surface area contributed by atoms with Gasteiger partial charge in [-0.2, -0.15) is 0 Å². The molecule has 13 aromatic rings. The first-order valence-electron chi connectivity index (χ1n) is 24.9. The normalized spacial score (nSPS) is 11.3. The van der Waals surface area contributed by atoms with Crippen LogP contribution in [0.15, 0.2) is 291 Å². The van der Waals surface area contributed by atoms with Crippen molar-refractivity contribution >= 4 is 50.2 Å². The lowest BCUT2D eigenvalue weighted by Gasteiger charge is -2.26. The highest BCUT2D eigenvalue weighted by Crippen LogP contribution is 2.41. The molecule has 0 amide bonds. The predicted octanol–water partition coefficient (Wildman–Crippen LogP) is 20.0. The van der Waals surface area contributed by atoms with Crippen LogP contribution < -0.4 is 4.90 Å². The minimum absolute atomic E-state index is 1.10. The number of fused-ring (bicyclic) bond motifs is 3. The van der Waals surface area contributed by atoms with Gasteiger partial charge in [-0.25, -0.2) is 0 Å². The number of hydrogen-bond donors (Lipinski definition) is 0. The summed E-state index contributed by atoms with van der Waals surface area (Å²) in [5, 5.41) is 2.47. The highest BCUT2D eigenvalue weighted by atomic mass is 32.1. The summed E-state index contributed by atoms with van der Waals surface area (Å²) < 4.78 is 2.40. The van der Waals surface area contributed by atoms with Gasteiger partial charge in [0.1, 0.15) is 0 Å². The van der Waals surface area contributed by atoms with Crippen molar-refractivity contribution in [2.75, 3.05) is 4.90 Å². The van der Waals surface area contributed by atoms with Crippen LogP contribution in [0.5, 0.6) is 0 Å². The monoisotopic (exact) mass is 948 g/mol. The van der Waals surface area contributed by atoms with Crippen LogP contribution in [0, 0.1) is 0 Å². The second kappa shape index (κ2) is 19.1. The Balaban J connectivity index is 0.803. The first-order valence-corrected chi connectivity index (χ1v) is 25.7. The van der Waals surface area contributed by atoms with Crippen LogP contribution in [0.1, 0.15) is 0 Å². The van der Waals surface area contributed by atoms with Gasteiger partial charge in [0, 0.05) is 43.3 Å². The Bertz CT molecular complexity index is 3910. The summed E-state index contributed by atoms with van der Waals surface area (Å²) >= 11 is 1.84. The van der Waals surface area contributed by atoms with Gasteiger partial charge in [-0.15, -0.1) is 11.3 Å². The van der Waals surface area contributed by atoms with Crippen LogP contribution >= 0.6 is 11.3 Å². The third kappa shape index (κ3) is 8.63. The van der Waals surface area contributed by atoms with Gasteiger partial charge in [-0.1, -0.05) is 206 Å². The fourth-order valence-corrected chi connectivity index (χ4v) is 11.3. The summed E-state index contributed by atoms with van der Waals surface area (Å²) in [6, 6.07) is 106. The summed E-state index contributed by atoms with van der Waals surface area (Å²) in [4.78, 5) is 4.90. The van der Waals surface area contributed by atoms with Crippen molar-refractivity contribution in [3.8, 4) is 82.2 Å². The van der Waals surface area contributed by atoms with Crippen molar-refractivity contribution in [1.29, 1.82) is 0 Å². The van der Waals surface area contributed by atoms with Gasteiger partial charge in [0.2, 0.25) is 0 Å². The summed E-state index contributed by atoms with van der Waals surface area (Å²) in [7, 11) is 0. The van der Waals surface area contributed by atoms with E-state index in [-0.39, 0.29) is 0 Å². The highest BCUT2D eigenvalue weighted by Gasteiger charge is 2.17. The fraction of sp³-hybridized carbons (Fsp3) is 0. The summed E-state index contributed by atoms with van der Waals surface area (Å²) in [6.45, 7) is 0. The average molecular weight is 949 g/mol. The van der Waals surface area contributed by atoms with E-state index >= 15 is 0 Å². The minimum Gasteiger partial charge on any atom is -0.311 e. The molecule has 344 valence electrons. The second-order valence-corrected chi connectivity index (χ2v) is 19.6. The first kappa shape index (κ1) is 43.7. The molecule has 0 saturated carbocycles. The van der Waals surface area contributed by atoms with Crippen molar-refractivity contribution in [3.05, 3.63) is 291 Å². The second-order valence-electron chi connectivity index (χ2n) is 18.5. The highest BCUT2D eigenvalue weighted by molar-refractivity contribution is 7.18. The molecule has 0 aliphatic rings. The topological polar surface area (TPSA) is 8.17 Å². The van der Waals surface area contributed by atoms with Crippen LogP contribution in [0.2, 0.25) is 0 Å². The van der Waals surface area contributed by atoms with E-state index in [9.17, 15) is 0 Å². The summed E-state index contributed by atoms with van der Waals surface area (Å²) in [5.74, 6) is 0. The number of anilines is 3. The van der Waals surface area contributed by atoms with Gasteiger partial charge in [-0.3, -0.25) is 0 Å². The van der Waals surface area contributed by atoms with Crippen molar-refractivity contribution in [1.82, 2.24) is 4.57 Å². The van der Waals surface area contributed by atoms with Gasteiger partial charge in [0.25, 0.3) is 0 Å². The summed E-state index contributed by atoms with van der Waals surface area (Å²) in [6.07, 6.45) is 0. The van der Waals surface area contributed by atoms with Gasteiger partial charge >= 0.3 is 0 Å². The number of aromatic nitrogens is 1. The molecule has 3 heteroatoms. The molecular formula is C70H48N2S. The Morgan fingerprint density at radius 1 is 0.233 bits per heavy atom. The largest absolute Gasteiger partial charge is 0.311 e. The lowest BCUT2D eigenvalue weighted by atomic mass is 9.98. The molecule has 0 aliphatic carbocycles. The zero-order valence-corrected chi connectivity index (χ0v) is 40.8. The van der Waals surface area contributed by atoms with Crippen LogP contribution in [0.3, 0.4) is 0 Å².